The van der Waals surface area contributed by atoms with E-state index in [0.717, 1.165) is 41.7 Å². The number of aryl methyl sites for hydroxylation is 1. The van der Waals surface area contributed by atoms with E-state index in [2.05, 4.69) is 15.0 Å². The predicted octanol–water partition coefficient (Wildman–Crippen LogP) is 2.80. The number of nitrogens with two attached hydrogens (primary N) is 1. The molecule has 0 aliphatic carbocycles. The first-order valence-corrected chi connectivity index (χ1v) is 12.0. The van der Waals surface area contributed by atoms with E-state index < -0.39 is 0 Å². The zero-order valence-electron chi connectivity index (χ0n) is 18.4. The standard InChI is InChI=1S/C22H27ClN6O2S/c1-13-19(24)22(12-31-13)6-8-29(9-7-22)21-25-10-17(20(30)28(21)3)32-16-5-4-15-14(18(16)23)11-27(2)26-15/h4-5,10-11,13,19H,6-9,12,24H2,1-3H3/t13-,19+/m0/s1. The van der Waals surface area contributed by atoms with Crippen molar-refractivity contribution < 1.29 is 4.74 Å². The second kappa shape index (κ2) is 8.06. The number of rotatable bonds is 3. The minimum Gasteiger partial charge on any atom is -0.376 e. The molecular formula is C22H27ClN6O2S. The van der Waals surface area contributed by atoms with Crippen LogP contribution in [0.3, 0.4) is 0 Å². The van der Waals surface area contributed by atoms with Crippen LogP contribution in [0.1, 0.15) is 19.8 Å². The number of ether oxygens (including phenoxy) is 1. The van der Waals surface area contributed by atoms with Gasteiger partial charge < -0.3 is 15.4 Å². The van der Waals surface area contributed by atoms with Crippen LogP contribution in [0, 0.1) is 5.41 Å². The van der Waals surface area contributed by atoms with Crippen molar-refractivity contribution in [3.8, 4) is 0 Å². The molecule has 10 heteroatoms. The predicted molar refractivity (Wildman–Crippen MR) is 127 cm³/mol. The smallest absolute Gasteiger partial charge is 0.268 e. The molecule has 2 aliphatic rings. The summed E-state index contributed by atoms with van der Waals surface area (Å²) in [5.74, 6) is 0.684. The molecule has 0 amide bonds. The molecule has 2 aliphatic heterocycles. The van der Waals surface area contributed by atoms with Crippen LogP contribution in [0.4, 0.5) is 5.95 Å². The van der Waals surface area contributed by atoms with E-state index in [9.17, 15) is 4.79 Å². The summed E-state index contributed by atoms with van der Waals surface area (Å²) in [6.45, 7) is 4.37. The van der Waals surface area contributed by atoms with E-state index in [1.165, 1.54) is 11.8 Å². The molecule has 1 aromatic carbocycles. The number of nitrogens with zero attached hydrogens (tertiary/aromatic N) is 5. The number of halogens is 1. The second-order valence-corrected chi connectivity index (χ2v) is 10.4. The summed E-state index contributed by atoms with van der Waals surface area (Å²) in [5, 5.41) is 5.84. The molecule has 2 fully saturated rings. The van der Waals surface area contributed by atoms with Gasteiger partial charge in [-0.25, -0.2) is 4.98 Å². The van der Waals surface area contributed by atoms with Crippen molar-refractivity contribution in [1.29, 1.82) is 0 Å². The summed E-state index contributed by atoms with van der Waals surface area (Å²) in [5.41, 5.74) is 7.21. The minimum atomic E-state index is -0.0860. The number of hydrogen-bond acceptors (Lipinski definition) is 7. The normalized spacial score (nSPS) is 22.8. The van der Waals surface area contributed by atoms with Gasteiger partial charge in [0.25, 0.3) is 5.56 Å². The molecule has 8 nitrogen and oxygen atoms in total. The fourth-order valence-electron chi connectivity index (χ4n) is 4.86. The third-order valence-electron chi connectivity index (χ3n) is 6.92. The molecule has 0 saturated carbocycles. The van der Waals surface area contributed by atoms with E-state index >= 15 is 0 Å². The number of piperidine rings is 1. The Balaban J connectivity index is 1.37. The van der Waals surface area contributed by atoms with Crippen molar-refractivity contribution in [2.75, 3.05) is 24.6 Å². The van der Waals surface area contributed by atoms with E-state index in [1.807, 2.05) is 32.3 Å². The Morgan fingerprint density at radius 2 is 2.00 bits per heavy atom. The molecule has 2 saturated heterocycles. The van der Waals surface area contributed by atoms with Crippen molar-refractivity contribution in [3.63, 3.8) is 0 Å². The van der Waals surface area contributed by atoms with Crippen molar-refractivity contribution in [1.82, 2.24) is 19.3 Å². The maximum absolute atomic E-state index is 13.1. The zero-order chi connectivity index (χ0) is 22.6. The van der Waals surface area contributed by atoms with Crippen LogP contribution in [0.2, 0.25) is 5.02 Å². The summed E-state index contributed by atoms with van der Waals surface area (Å²) >= 11 is 7.93. The fraction of sp³-hybridized carbons (Fsp3) is 0.500. The van der Waals surface area contributed by atoms with Gasteiger partial charge >= 0.3 is 0 Å². The molecule has 170 valence electrons. The molecule has 1 spiro atoms. The maximum atomic E-state index is 13.1. The van der Waals surface area contributed by atoms with E-state index in [-0.39, 0.29) is 23.1 Å². The monoisotopic (exact) mass is 474 g/mol. The van der Waals surface area contributed by atoms with Gasteiger partial charge in [0, 0.05) is 55.1 Å². The van der Waals surface area contributed by atoms with Crippen molar-refractivity contribution in [2.24, 2.45) is 25.2 Å². The van der Waals surface area contributed by atoms with Gasteiger partial charge in [-0.2, -0.15) is 5.10 Å². The molecule has 4 heterocycles. The van der Waals surface area contributed by atoms with Crippen LogP contribution in [0.15, 0.2) is 39.1 Å². The second-order valence-electron chi connectivity index (χ2n) is 8.89. The number of fused-ring (bicyclic) bond motifs is 1. The first kappa shape index (κ1) is 21.8. The van der Waals surface area contributed by atoms with Gasteiger partial charge in [-0.15, -0.1) is 0 Å². The highest BCUT2D eigenvalue weighted by molar-refractivity contribution is 7.99. The van der Waals surface area contributed by atoms with Crippen molar-refractivity contribution in [2.45, 2.75) is 41.7 Å². The van der Waals surface area contributed by atoms with E-state index in [0.29, 0.717) is 22.5 Å². The van der Waals surface area contributed by atoms with Gasteiger partial charge in [0.2, 0.25) is 5.95 Å². The minimum absolute atomic E-state index is 0.0340. The summed E-state index contributed by atoms with van der Waals surface area (Å²) < 4.78 is 9.18. The first-order valence-electron chi connectivity index (χ1n) is 10.8. The van der Waals surface area contributed by atoms with Gasteiger partial charge in [-0.1, -0.05) is 23.4 Å². The molecule has 0 bridgehead atoms. The topological polar surface area (TPSA) is 91.2 Å². The van der Waals surface area contributed by atoms with Crippen molar-refractivity contribution >= 4 is 40.2 Å². The molecule has 32 heavy (non-hydrogen) atoms. The number of hydrogen-bond donors (Lipinski definition) is 1. The van der Waals surface area contributed by atoms with Crippen LogP contribution in [-0.4, -0.2) is 51.2 Å². The van der Waals surface area contributed by atoms with Crippen molar-refractivity contribution in [3.05, 3.63) is 39.9 Å². The highest BCUT2D eigenvalue weighted by atomic mass is 35.5. The lowest BCUT2D eigenvalue weighted by Gasteiger charge is -2.41. The van der Waals surface area contributed by atoms with Gasteiger partial charge in [-0.05, 0) is 31.9 Å². The first-order chi connectivity index (χ1) is 15.3. The molecule has 3 aromatic rings. The van der Waals surface area contributed by atoms with Gasteiger partial charge in [-0.3, -0.25) is 14.0 Å². The summed E-state index contributed by atoms with van der Waals surface area (Å²) in [6, 6.07) is 3.87. The summed E-state index contributed by atoms with van der Waals surface area (Å²) in [6.07, 6.45) is 5.50. The average molecular weight is 475 g/mol. The van der Waals surface area contributed by atoms with Crippen LogP contribution in [0.25, 0.3) is 10.9 Å². The Labute approximate surface area is 195 Å². The van der Waals surface area contributed by atoms with E-state index in [1.54, 1.807) is 22.5 Å². The highest BCUT2D eigenvalue weighted by Gasteiger charge is 2.47. The summed E-state index contributed by atoms with van der Waals surface area (Å²) in [7, 11) is 3.63. The van der Waals surface area contributed by atoms with Gasteiger partial charge in [0.05, 0.1) is 34.3 Å². The molecule has 2 atom stereocenters. The SMILES string of the molecule is C[C@@H]1OCC2(CCN(c3ncc(Sc4ccc5nn(C)cc5c4Cl)c(=O)n3C)CC2)[C@@H]1N. The fourth-order valence-corrected chi connectivity index (χ4v) is 6.09. The molecule has 0 unspecified atom stereocenters. The lowest BCUT2D eigenvalue weighted by molar-refractivity contribution is 0.0973. The third-order valence-corrected chi connectivity index (χ3v) is 8.50. The molecular weight excluding hydrogens is 448 g/mol. The highest BCUT2D eigenvalue weighted by Crippen LogP contribution is 2.42. The molecule has 0 radical (unpaired) electrons. The number of benzene rings is 1. The summed E-state index contributed by atoms with van der Waals surface area (Å²) in [4.78, 5) is 21.3. The van der Waals surface area contributed by atoms with Gasteiger partial charge in [0.15, 0.2) is 0 Å². The quantitative estimate of drug-likeness (QED) is 0.624. The Kier molecular flexibility index (Phi) is 5.48. The Hall–Kier alpha value is -2.07. The lowest BCUT2D eigenvalue weighted by Crippen LogP contribution is -2.51. The Morgan fingerprint density at radius 1 is 1.25 bits per heavy atom. The van der Waals surface area contributed by atoms with Crippen LogP contribution in [0.5, 0.6) is 0 Å². The third kappa shape index (κ3) is 3.51. The Morgan fingerprint density at radius 3 is 2.69 bits per heavy atom. The maximum Gasteiger partial charge on any atom is 0.268 e. The largest absolute Gasteiger partial charge is 0.376 e. The van der Waals surface area contributed by atoms with Gasteiger partial charge in [0.1, 0.15) is 0 Å². The van der Waals surface area contributed by atoms with Crippen LogP contribution in [-0.2, 0) is 18.8 Å². The molecule has 5 rings (SSSR count). The van der Waals surface area contributed by atoms with Crippen LogP contribution >= 0.6 is 23.4 Å². The average Bonchev–Trinajstić information content (AvgIpc) is 3.30. The number of anilines is 1. The zero-order valence-corrected chi connectivity index (χ0v) is 20.0. The lowest BCUT2D eigenvalue weighted by atomic mass is 9.73. The molecule has 2 aromatic heterocycles. The Bertz CT molecular complexity index is 1230. The van der Waals surface area contributed by atoms with E-state index in [4.69, 9.17) is 22.1 Å². The molecule has 2 N–H and O–H groups in total. The number of aromatic nitrogens is 4. The van der Waals surface area contributed by atoms with Crippen LogP contribution < -0.4 is 16.2 Å².